The summed E-state index contributed by atoms with van der Waals surface area (Å²) in [5.41, 5.74) is 7.77. The Bertz CT molecular complexity index is 462. The van der Waals surface area contributed by atoms with Crippen molar-refractivity contribution < 1.29 is 4.79 Å². The average Bonchev–Trinajstić information content (AvgIpc) is 2.31. The van der Waals surface area contributed by atoms with Crippen LogP contribution in [0, 0.1) is 18.3 Å². The molecule has 1 aromatic rings. The second kappa shape index (κ2) is 5.35. The molecule has 1 amide bonds. The summed E-state index contributed by atoms with van der Waals surface area (Å²) < 4.78 is 0. The van der Waals surface area contributed by atoms with E-state index >= 15 is 0 Å². The summed E-state index contributed by atoms with van der Waals surface area (Å²) in [4.78, 5) is 13.7. The van der Waals surface area contributed by atoms with Gasteiger partial charge in [-0.25, -0.2) is 0 Å². The predicted octanol–water partition coefficient (Wildman–Crippen LogP) is 1.95. The van der Waals surface area contributed by atoms with Crippen LogP contribution in [0.5, 0.6) is 0 Å². The van der Waals surface area contributed by atoms with Gasteiger partial charge in [0, 0.05) is 18.8 Å². The maximum Gasteiger partial charge on any atom is 0.255 e. The summed E-state index contributed by atoms with van der Waals surface area (Å²) in [5, 5.41) is 8.62. The average molecular weight is 231 g/mol. The summed E-state index contributed by atoms with van der Waals surface area (Å²) in [6.07, 6.45) is 0.313. The first-order chi connectivity index (χ1) is 7.99. The molecule has 17 heavy (non-hydrogen) atoms. The van der Waals surface area contributed by atoms with Gasteiger partial charge >= 0.3 is 0 Å². The van der Waals surface area contributed by atoms with Gasteiger partial charge < -0.3 is 10.6 Å². The zero-order valence-electron chi connectivity index (χ0n) is 10.4. The van der Waals surface area contributed by atoms with Gasteiger partial charge in [-0.2, -0.15) is 5.26 Å². The lowest BCUT2D eigenvalue weighted by Crippen LogP contribution is -2.35. The van der Waals surface area contributed by atoms with E-state index in [-0.39, 0.29) is 11.9 Å². The zero-order valence-corrected chi connectivity index (χ0v) is 10.4. The van der Waals surface area contributed by atoms with E-state index < -0.39 is 0 Å². The van der Waals surface area contributed by atoms with Crippen LogP contribution in [0.3, 0.4) is 0 Å². The lowest BCUT2D eigenvalue weighted by Gasteiger charge is -2.23. The number of benzene rings is 1. The predicted molar refractivity (Wildman–Crippen MR) is 67.4 cm³/mol. The van der Waals surface area contributed by atoms with Crippen LogP contribution in [0.2, 0.25) is 0 Å². The Kier molecular flexibility index (Phi) is 4.11. The Hall–Kier alpha value is -2.02. The van der Waals surface area contributed by atoms with E-state index in [2.05, 4.69) is 6.07 Å². The van der Waals surface area contributed by atoms with Crippen molar-refractivity contribution in [3.05, 3.63) is 29.3 Å². The largest absolute Gasteiger partial charge is 0.398 e. The van der Waals surface area contributed by atoms with Crippen LogP contribution in [0.4, 0.5) is 5.69 Å². The van der Waals surface area contributed by atoms with Crippen molar-refractivity contribution in [3.63, 3.8) is 0 Å². The molecular formula is C13H17N3O. The lowest BCUT2D eigenvalue weighted by molar-refractivity contribution is 0.0747. The van der Waals surface area contributed by atoms with E-state index in [0.29, 0.717) is 17.7 Å². The first kappa shape index (κ1) is 13.0. The van der Waals surface area contributed by atoms with Gasteiger partial charge in [-0.1, -0.05) is 12.1 Å². The van der Waals surface area contributed by atoms with Crippen LogP contribution in [0.25, 0.3) is 0 Å². The number of nitrogen functional groups attached to an aromatic ring is 1. The Morgan fingerprint density at radius 3 is 2.82 bits per heavy atom. The lowest BCUT2D eigenvalue weighted by atomic mass is 10.1. The van der Waals surface area contributed by atoms with Gasteiger partial charge in [-0.05, 0) is 25.5 Å². The molecule has 0 bridgehead atoms. The van der Waals surface area contributed by atoms with Gasteiger partial charge in [0.1, 0.15) is 0 Å². The second-order valence-corrected chi connectivity index (χ2v) is 4.16. The molecule has 0 fully saturated rings. The van der Waals surface area contributed by atoms with Crippen LogP contribution >= 0.6 is 0 Å². The van der Waals surface area contributed by atoms with Gasteiger partial charge in [0.2, 0.25) is 0 Å². The van der Waals surface area contributed by atoms with Crippen molar-refractivity contribution in [2.24, 2.45) is 0 Å². The van der Waals surface area contributed by atoms with Crippen molar-refractivity contribution in [2.45, 2.75) is 26.3 Å². The molecule has 1 aromatic carbocycles. The zero-order chi connectivity index (χ0) is 13.0. The quantitative estimate of drug-likeness (QED) is 0.808. The summed E-state index contributed by atoms with van der Waals surface area (Å²) in [7, 11) is 1.69. The van der Waals surface area contributed by atoms with Crippen LogP contribution in [0.15, 0.2) is 18.2 Å². The molecule has 1 rings (SSSR count). The fourth-order valence-corrected chi connectivity index (χ4v) is 1.53. The van der Waals surface area contributed by atoms with Crippen molar-refractivity contribution in [1.29, 1.82) is 5.26 Å². The molecule has 0 aromatic heterocycles. The molecule has 90 valence electrons. The minimum absolute atomic E-state index is 0.118. The summed E-state index contributed by atoms with van der Waals surface area (Å²) in [5.74, 6) is -0.144. The molecule has 0 spiro atoms. The molecule has 0 saturated carbocycles. The Morgan fingerprint density at radius 1 is 1.59 bits per heavy atom. The molecule has 4 heteroatoms. The Labute approximate surface area is 102 Å². The van der Waals surface area contributed by atoms with Crippen molar-refractivity contribution in [2.75, 3.05) is 12.8 Å². The number of nitriles is 1. The molecule has 0 radical (unpaired) electrons. The van der Waals surface area contributed by atoms with Gasteiger partial charge in [-0.15, -0.1) is 0 Å². The highest BCUT2D eigenvalue weighted by Gasteiger charge is 2.19. The topological polar surface area (TPSA) is 70.1 Å². The highest BCUT2D eigenvalue weighted by atomic mass is 16.2. The molecule has 4 nitrogen and oxygen atoms in total. The minimum Gasteiger partial charge on any atom is -0.398 e. The normalized spacial score (nSPS) is 11.6. The molecule has 0 aliphatic carbocycles. The van der Waals surface area contributed by atoms with E-state index in [0.717, 1.165) is 5.56 Å². The summed E-state index contributed by atoms with van der Waals surface area (Å²) in [6.45, 7) is 3.71. The number of carbonyl (C=O) groups is 1. The van der Waals surface area contributed by atoms with E-state index in [1.165, 1.54) is 0 Å². The van der Waals surface area contributed by atoms with E-state index in [1.807, 2.05) is 26.0 Å². The number of anilines is 1. The maximum atomic E-state index is 12.2. The van der Waals surface area contributed by atoms with Gasteiger partial charge in [0.25, 0.3) is 5.91 Å². The Balaban J connectivity index is 2.97. The van der Waals surface area contributed by atoms with Gasteiger partial charge in [0.15, 0.2) is 0 Å². The molecule has 1 unspecified atom stereocenters. The standard InChI is InChI=1S/C13H17N3O/c1-9-5-4-6-11(12(9)15)13(17)16(3)10(2)7-8-14/h4-6,10H,7,15H2,1-3H3. The van der Waals surface area contributed by atoms with E-state index in [1.54, 1.807) is 18.0 Å². The number of aryl methyl sites for hydroxylation is 1. The number of hydrogen-bond acceptors (Lipinski definition) is 3. The van der Waals surface area contributed by atoms with Crippen LogP contribution in [-0.4, -0.2) is 23.9 Å². The second-order valence-electron chi connectivity index (χ2n) is 4.16. The van der Waals surface area contributed by atoms with Crippen LogP contribution in [-0.2, 0) is 0 Å². The van der Waals surface area contributed by atoms with Crippen molar-refractivity contribution in [1.82, 2.24) is 4.90 Å². The number of para-hydroxylation sites is 1. The molecule has 0 saturated heterocycles. The number of amides is 1. The van der Waals surface area contributed by atoms with E-state index in [4.69, 9.17) is 11.0 Å². The van der Waals surface area contributed by atoms with Gasteiger partial charge in [0.05, 0.1) is 18.1 Å². The molecule has 0 aliphatic rings. The smallest absolute Gasteiger partial charge is 0.255 e. The third kappa shape index (κ3) is 2.76. The summed E-state index contributed by atoms with van der Waals surface area (Å²) >= 11 is 0. The number of nitrogens with two attached hydrogens (primary N) is 1. The molecule has 0 heterocycles. The van der Waals surface area contributed by atoms with E-state index in [9.17, 15) is 4.79 Å². The fraction of sp³-hybridized carbons (Fsp3) is 0.385. The number of rotatable bonds is 3. The third-order valence-corrected chi connectivity index (χ3v) is 2.92. The molecular weight excluding hydrogens is 214 g/mol. The van der Waals surface area contributed by atoms with Gasteiger partial charge in [-0.3, -0.25) is 4.79 Å². The molecule has 2 N–H and O–H groups in total. The fourth-order valence-electron chi connectivity index (χ4n) is 1.53. The van der Waals surface area contributed by atoms with Crippen LogP contribution in [0.1, 0.15) is 29.3 Å². The molecule has 1 atom stereocenters. The Morgan fingerprint density at radius 2 is 2.24 bits per heavy atom. The monoisotopic (exact) mass is 231 g/mol. The van der Waals surface area contributed by atoms with Crippen molar-refractivity contribution in [3.8, 4) is 6.07 Å². The number of carbonyl (C=O) groups excluding carboxylic acids is 1. The van der Waals surface area contributed by atoms with Crippen molar-refractivity contribution >= 4 is 11.6 Å². The third-order valence-electron chi connectivity index (χ3n) is 2.92. The van der Waals surface area contributed by atoms with Crippen LogP contribution < -0.4 is 5.73 Å². The minimum atomic E-state index is -0.144. The number of nitrogens with zero attached hydrogens (tertiary/aromatic N) is 2. The highest BCUT2D eigenvalue weighted by Crippen LogP contribution is 2.19. The SMILES string of the molecule is Cc1cccc(C(=O)N(C)C(C)CC#N)c1N. The first-order valence-corrected chi connectivity index (χ1v) is 5.48. The highest BCUT2D eigenvalue weighted by molar-refractivity contribution is 5.99. The number of hydrogen-bond donors (Lipinski definition) is 1. The summed E-state index contributed by atoms with van der Waals surface area (Å²) in [6, 6.07) is 7.32. The maximum absolute atomic E-state index is 12.2. The first-order valence-electron chi connectivity index (χ1n) is 5.48. The molecule has 0 aliphatic heterocycles.